The number of nitrogens with zero attached hydrogens (tertiary/aromatic N) is 3. The summed E-state index contributed by atoms with van der Waals surface area (Å²) in [5.74, 6) is -3.76. The zero-order valence-electron chi connectivity index (χ0n) is 21.2. The van der Waals surface area contributed by atoms with Gasteiger partial charge < -0.3 is 15.4 Å². The van der Waals surface area contributed by atoms with Gasteiger partial charge >= 0.3 is 0 Å². The number of anilines is 1. The van der Waals surface area contributed by atoms with Crippen LogP contribution in [0.25, 0.3) is 0 Å². The molecule has 1 fully saturated rings. The van der Waals surface area contributed by atoms with Gasteiger partial charge in [0.2, 0.25) is 0 Å². The second-order valence-electron chi connectivity index (χ2n) is 9.01. The van der Waals surface area contributed by atoms with E-state index in [-0.39, 0.29) is 36.0 Å². The molecule has 2 N–H and O–H groups in total. The van der Waals surface area contributed by atoms with Crippen molar-refractivity contribution in [2.75, 3.05) is 17.7 Å². The van der Waals surface area contributed by atoms with E-state index in [4.69, 9.17) is 10.00 Å². The van der Waals surface area contributed by atoms with Crippen molar-refractivity contribution in [3.63, 3.8) is 0 Å². The van der Waals surface area contributed by atoms with Crippen molar-refractivity contribution in [3.8, 4) is 6.07 Å². The number of nitrogens with one attached hydrogen (secondary N) is 2. The number of fused-ring (bicyclic) bond motifs is 1. The molecule has 2 aliphatic heterocycles. The molecule has 2 aliphatic rings. The van der Waals surface area contributed by atoms with E-state index in [1.165, 1.54) is 54.4 Å². The van der Waals surface area contributed by atoms with Gasteiger partial charge in [0.15, 0.2) is 5.17 Å². The topological polar surface area (TPSA) is 116 Å². The van der Waals surface area contributed by atoms with Gasteiger partial charge in [-0.2, -0.15) is 5.26 Å². The van der Waals surface area contributed by atoms with E-state index < -0.39 is 17.9 Å². The lowest BCUT2D eigenvalue weighted by Crippen LogP contribution is -2.42. The predicted octanol–water partition coefficient (Wildman–Crippen LogP) is 4.90. The summed E-state index contributed by atoms with van der Waals surface area (Å²) in [6.07, 6.45) is 0.222. The number of nitriles is 1. The predicted molar refractivity (Wildman–Crippen MR) is 145 cm³/mol. The lowest BCUT2D eigenvalue weighted by Gasteiger charge is -2.28. The van der Waals surface area contributed by atoms with E-state index in [0.29, 0.717) is 27.7 Å². The average molecular weight is 568 g/mol. The van der Waals surface area contributed by atoms with Crippen LogP contribution in [0.15, 0.2) is 77.9 Å². The molecule has 2 amide bonds. The summed E-state index contributed by atoms with van der Waals surface area (Å²) in [7, 11) is 0. The maximum atomic E-state index is 13.5. The highest BCUT2D eigenvalue weighted by atomic mass is 32.2. The van der Waals surface area contributed by atoms with Crippen LogP contribution in [-0.2, 0) is 4.74 Å². The van der Waals surface area contributed by atoms with Crippen LogP contribution in [0.5, 0.6) is 0 Å². The molecule has 5 rings (SSSR count). The molecule has 0 spiro atoms. The minimum atomic E-state index is -2.87. The first-order chi connectivity index (χ1) is 19.1. The largest absolute Gasteiger partial charge is 0.369 e. The molecule has 1 aromatic heterocycles. The number of aliphatic imine (C=N–C) groups is 1. The highest BCUT2D eigenvalue weighted by molar-refractivity contribution is 8.13. The van der Waals surface area contributed by atoms with E-state index in [0.717, 1.165) is 6.92 Å². The number of thioether (sulfide) groups is 1. The molecular weight excluding hydrogens is 543 g/mol. The number of ether oxygens (including phenoxy) is 1. The fourth-order valence-electron chi connectivity index (χ4n) is 4.02. The number of alkyl halides is 2. The van der Waals surface area contributed by atoms with Crippen LogP contribution in [0.2, 0.25) is 0 Å². The fraction of sp³-hybridized carbons (Fsp3) is 0.250. The molecule has 8 nitrogen and oxygen atoms in total. The van der Waals surface area contributed by atoms with Gasteiger partial charge in [0.25, 0.3) is 17.7 Å². The molecule has 3 heterocycles. The van der Waals surface area contributed by atoms with Crippen LogP contribution in [0.4, 0.5) is 18.9 Å². The maximum absolute atomic E-state index is 13.5. The maximum Gasteiger partial charge on any atom is 0.274 e. The first kappa shape index (κ1) is 28.8. The van der Waals surface area contributed by atoms with E-state index in [1.54, 1.807) is 24.3 Å². The molecular formula is C28H24F3N5O3S. The summed E-state index contributed by atoms with van der Waals surface area (Å²) in [6, 6.07) is 18.8. The minimum Gasteiger partial charge on any atom is -0.369 e. The van der Waals surface area contributed by atoms with Crippen molar-refractivity contribution >= 4 is 34.4 Å². The number of benzene rings is 2. The van der Waals surface area contributed by atoms with Crippen LogP contribution in [0, 0.1) is 23.1 Å². The number of amidine groups is 1. The van der Waals surface area contributed by atoms with Crippen LogP contribution in [0.3, 0.4) is 0 Å². The molecule has 0 saturated carbocycles. The van der Waals surface area contributed by atoms with Crippen molar-refractivity contribution in [3.05, 3.63) is 95.6 Å². The van der Waals surface area contributed by atoms with Gasteiger partial charge in [-0.1, -0.05) is 30.0 Å². The van der Waals surface area contributed by atoms with Crippen LogP contribution < -0.4 is 10.6 Å². The highest BCUT2D eigenvalue weighted by Crippen LogP contribution is 2.39. The summed E-state index contributed by atoms with van der Waals surface area (Å²) in [5, 5.41) is 14.4. The van der Waals surface area contributed by atoms with E-state index in [2.05, 4.69) is 20.6 Å². The molecule has 12 heteroatoms. The Balaban J connectivity index is 0.000000189. The summed E-state index contributed by atoms with van der Waals surface area (Å²) >= 11 is 1.29. The Morgan fingerprint density at radius 2 is 1.77 bits per heavy atom. The number of pyridine rings is 1. The molecule has 0 bridgehead atoms. The van der Waals surface area contributed by atoms with Gasteiger partial charge in [-0.3, -0.25) is 14.6 Å². The van der Waals surface area contributed by atoms with Crippen LogP contribution in [-0.4, -0.2) is 52.4 Å². The normalized spacial score (nSPS) is 19.7. The smallest absolute Gasteiger partial charge is 0.274 e. The van der Waals surface area contributed by atoms with Crippen LogP contribution in [0.1, 0.15) is 33.3 Å². The van der Waals surface area contributed by atoms with Gasteiger partial charge in [0.05, 0.1) is 18.2 Å². The first-order valence-electron chi connectivity index (χ1n) is 12.1. The zero-order valence-corrected chi connectivity index (χ0v) is 22.0. The standard InChI is InChI=1S/C15H16F2N2O2S.C13H8FN3O/c1-15(16,17)12-10-8-22-14(18-11(10)7-21-12)19-13(20)9-5-3-2-4-6-9;14-10-2-4-11(5-3-10)17-13(18)12-6-1-9(7-15)8-16-12/h2-6,10-12H,7-8H2,1H3,(H,18,19,20);1-6,8H,(H,17,18). The van der Waals surface area contributed by atoms with Crippen molar-refractivity contribution in [2.45, 2.75) is 25.0 Å². The zero-order chi connectivity index (χ0) is 28.7. The third kappa shape index (κ3) is 7.46. The van der Waals surface area contributed by atoms with Crippen molar-refractivity contribution in [1.29, 1.82) is 5.26 Å². The van der Waals surface area contributed by atoms with E-state index >= 15 is 0 Å². The van der Waals surface area contributed by atoms with Gasteiger partial charge in [0.1, 0.15) is 23.7 Å². The third-order valence-corrected chi connectivity index (χ3v) is 7.04. The monoisotopic (exact) mass is 567 g/mol. The Bertz CT molecular complexity index is 1410. The number of carbonyl (C=O) groups excluding carboxylic acids is 2. The van der Waals surface area contributed by atoms with Gasteiger partial charge in [-0.15, -0.1) is 0 Å². The molecule has 3 aromatic rings. The highest BCUT2D eigenvalue weighted by Gasteiger charge is 2.50. The Morgan fingerprint density at radius 1 is 1.05 bits per heavy atom. The molecule has 40 heavy (non-hydrogen) atoms. The molecule has 0 radical (unpaired) electrons. The Kier molecular flexibility index (Phi) is 9.19. The Hall–Kier alpha value is -4.21. The molecule has 206 valence electrons. The van der Waals surface area contributed by atoms with Gasteiger partial charge in [-0.05, 0) is 48.5 Å². The van der Waals surface area contributed by atoms with Crippen molar-refractivity contribution < 1.29 is 27.5 Å². The summed E-state index contributed by atoms with van der Waals surface area (Å²) in [5.41, 5.74) is 1.59. The van der Waals surface area contributed by atoms with Crippen molar-refractivity contribution in [1.82, 2.24) is 10.3 Å². The lowest BCUT2D eigenvalue weighted by molar-refractivity contribution is -0.113. The SMILES string of the molecule is CC(F)(F)C1OCC2N=C(NC(=O)c3ccccc3)SCC21.N#Cc1ccc(C(=O)Nc2ccc(F)cc2)nc1. The second-order valence-corrected chi connectivity index (χ2v) is 10.0. The number of hydrogen-bond donors (Lipinski definition) is 2. The second kappa shape index (κ2) is 12.8. The number of aromatic nitrogens is 1. The molecule has 0 aliphatic carbocycles. The molecule has 2 aromatic carbocycles. The van der Waals surface area contributed by atoms with Gasteiger partial charge in [-0.25, -0.2) is 18.2 Å². The third-order valence-electron chi connectivity index (χ3n) is 6.01. The first-order valence-corrected chi connectivity index (χ1v) is 13.1. The Labute approximate surface area is 232 Å². The number of hydrogen-bond acceptors (Lipinski definition) is 7. The quantitative estimate of drug-likeness (QED) is 0.463. The van der Waals surface area contributed by atoms with Crippen molar-refractivity contribution in [2.24, 2.45) is 10.9 Å². The minimum absolute atomic E-state index is 0.171. The molecule has 3 unspecified atom stereocenters. The molecule has 1 saturated heterocycles. The lowest BCUT2D eigenvalue weighted by atomic mass is 9.95. The summed E-state index contributed by atoms with van der Waals surface area (Å²) in [4.78, 5) is 32.0. The Morgan fingerprint density at radius 3 is 2.40 bits per heavy atom. The van der Waals surface area contributed by atoms with Gasteiger partial charge in [0, 0.05) is 36.0 Å². The van der Waals surface area contributed by atoms with E-state index in [1.807, 2.05) is 12.1 Å². The summed E-state index contributed by atoms with van der Waals surface area (Å²) in [6.45, 7) is 1.05. The number of halogens is 3. The molecule has 3 atom stereocenters. The average Bonchev–Trinajstić information content (AvgIpc) is 3.39. The fourth-order valence-corrected chi connectivity index (χ4v) is 5.14. The number of rotatable bonds is 4. The number of amides is 2. The summed E-state index contributed by atoms with van der Waals surface area (Å²) < 4.78 is 44.8. The van der Waals surface area contributed by atoms with E-state index in [9.17, 15) is 22.8 Å². The van der Waals surface area contributed by atoms with Crippen LogP contribution >= 0.6 is 11.8 Å². The number of carbonyl (C=O) groups is 2.